The van der Waals surface area contributed by atoms with Gasteiger partial charge in [0.05, 0.1) is 29.2 Å². The number of fused-ring (bicyclic) bond motifs is 3. The van der Waals surface area contributed by atoms with Crippen LogP contribution in [0.1, 0.15) is 17.7 Å². The predicted molar refractivity (Wildman–Crippen MR) is 140 cm³/mol. The first-order valence-electron chi connectivity index (χ1n) is 12.4. The number of hydrogen-bond acceptors (Lipinski definition) is 7. The van der Waals surface area contributed by atoms with Gasteiger partial charge in [-0.15, -0.1) is 0 Å². The van der Waals surface area contributed by atoms with E-state index in [0.29, 0.717) is 17.6 Å². The van der Waals surface area contributed by atoms with Crippen molar-refractivity contribution in [2.24, 2.45) is 7.05 Å². The van der Waals surface area contributed by atoms with Crippen LogP contribution in [0.4, 0.5) is 5.82 Å². The van der Waals surface area contributed by atoms with Crippen molar-refractivity contribution >= 4 is 11.3 Å². The molecule has 9 heteroatoms. The molecule has 2 unspecified atom stereocenters. The lowest BCUT2D eigenvalue weighted by Gasteiger charge is -2.56. The Labute approximate surface area is 214 Å². The number of nitriles is 1. The Morgan fingerprint density at radius 1 is 0.946 bits per heavy atom. The summed E-state index contributed by atoms with van der Waals surface area (Å²) in [5.41, 5.74) is 6.32. The maximum Gasteiger partial charge on any atom is 0.128 e. The molecule has 3 fully saturated rings. The quantitative estimate of drug-likeness (QED) is 0.375. The summed E-state index contributed by atoms with van der Waals surface area (Å²) in [6.07, 6.45) is 12.4. The third kappa shape index (κ3) is 3.74. The molecule has 2 atom stereocenters. The van der Waals surface area contributed by atoms with Gasteiger partial charge in [-0.2, -0.15) is 15.5 Å². The third-order valence-corrected chi connectivity index (χ3v) is 7.57. The molecule has 9 nitrogen and oxygen atoms in total. The Hall–Kier alpha value is -4.55. The highest BCUT2D eigenvalue weighted by molar-refractivity contribution is 5.87. The van der Waals surface area contributed by atoms with Crippen LogP contribution >= 0.6 is 0 Å². The fourth-order valence-corrected chi connectivity index (χ4v) is 5.70. The minimum Gasteiger partial charge on any atom is -0.353 e. The molecule has 0 aliphatic carbocycles. The molecule has 0 radical (unpaired) electrons. The second-order valence-electron chi connectivity index (χ2n) is 9.86. The zero-order chi connectivity index (χ0) is 24.9. The van der Waals surface area contributed by atoms with E-state index in [1.807, 2.05) is 44.1 Å². The molecule has 0 aromatic carbocycles. The van der Waals surface area contributed by atoms with Crippen molar-refractivity contribution in [2.75, 3.05) is 18.0 Å². The number of pyridine rings is 3. The Balaban J connectivity index is 1.16. The van der Waals surface area contributed by atoms with Crippen molar-refractivity contribution in [3.05, 3.63) is 84.8 Å². The van der Waals surface area contributed by atoms with Crippen LogP contribution in [0.5, 0.6) is 0 Å². The maximum atomic E-state index is 9.70. The fraction of sp³-hybridized carbons (Fsp3) is 0.250. The highest BCUT2D eigenvalue weighted by atomic mass is 15.4. The van der Waals surface area contributed by atoms with Crippen molar-refractivity contribution in [1.29, 1.82) is 5.26 Å². The van der Waals surface area contributed by atoms with Crippen LogP contribution in [0.15, 0.2) is 73.6 Å². The van der Waals surface area contributed by atoms with Crippen molar-refractivity contribution < 1.29 is 0 Å². The number of aryl methyl sites for hydroxylation is 1. The maximum absolute atomic E-state index is 9.70. The van der Waals surface area contributed by atoms with Crippen LogP contribution in [-0.4, -0.2) is 59.4 Å². The van der Waals surface area contributed by atoms with E-state index in [0.717, 1.165) is 58.9 Å². The first-order chi connectivity index (χ1) is 18.2. The summed E-state index contributed by atoms with van der Waals surface area (Å²) < 4.78 is 3.55. The first-order valence-corrected chi connectivity index (χ1v) is 12.4. The Morgan fingerprint density at radius 2 is 1.84 bits per heavy atom. The molecule has 37 heavy (non-hydrogen) atoms. The monoisotopic (exact) mass is 487 g/mol. The second kappa shape index (κ2) is 8.54. The van der Waals surface area contributed by atoms with Crippen LogP contribution in [0.2, 0.25) is 0 Å². The van der Waals surface area contributed by atoms with Gasteiger partial charge in [0.1, 0.15) is 11.9 Å². The molecular weight excluding hydrogens is 462 g/mol. The topological polar surface area (TPSA) is 91.2 Å². The molecule has 8 rings (SSSR count). The second-order valence-corrected chi connectivity index (χ2v) is 9.86. The molecule has 3 aliphatic rings. The van der Waals surface area contributed by atoms with Crippen molar-refractivity contribution in [2.45, 2.75) is 25.0 Å². The SMILES string of the molecule is Cn1cc(-c2cc(-c3ccc(N4CC5CC(C4)N5Cc4ccccn4)nc3)c3c(C#N)cnn3c2)cn1. The predicted octanol–water partition coefficient (Wildman–Crippen LogP) is 3.53. The number of hydrogen-bond donors (Lipinski definition) is 0. The van der Waals surface area contributed by atoms with Gasteiger partial charge in [0.15, 0.2) is 0 Å². The Morgan fingerprint density at radius 3 is 2.54 bits per heavy atom. The van der Waals surface area contributed by atoms with Crippen LogP contribution in [0.3, 0.4) is 0 Å². The minimum atomic E-state index is 0.531. The smallest absolute Gasteiger partial charge is 0.128 e. The molecule has 0 spiro atoms. The summed E-state index contributed by atoms with van der Waals surface area (Å²) >= 11 is 0. The highest BCUT2D eigenvalue weighted by Gasteiger charge is 2.44. The third-order valence-electron chi connectivity index (χ3n) is 7.57. The summed E-state index contributed by atoms with van der Waals surface area (Å²) in [4.78, 5) is 14.3. The van der Waals surface area contributed by atoms with Crippen molar-refractivity contribution in [3.63, 3.8) is 0 Å². The molecule has 0 saturated carbocycles. The van der Waals surface area contributed by atoms with E-state index >= 15 is 0 Å². The van der Waals surface area contributed by atoms with Gasteiger partial charge in [-0.3, -0.25) is 14.6 Å². The van der Waals surface area contributed by atoms with E-state index in [1.54, 1.807) is 15.4 Å². The number of nitrogens with zero attached hydrogens (tertiary/aromatic N) is 9. The lowest BCUT2D eigenvalue weighted by Crippen LogP contribution is -2.68. The normalized spacial score (nSPS) is 19.1. The first kappa shape index (κ1) is 21.7. The van der Waals surface area contributed by atoms with Crippen molar-refractivity contribution in [3.8, 4) is 28.3 Å². The van der Waals surface area contributed by atoms with E-state index in [2.05, 4.69) is 61.4 Å². The van der Waals surface area contributed by atoms with Gasteiger partial charge in [-0.05, 0) is 36.8 Å². The molecule has 182 valence electrons. The van der Waals surface area contributed by atoms with Crippen molar-refractivity contribution in [1.82, 2.24) is 34.3 Å². The number of anilines is 1. The van der Waals surface area contributed by atoms with Gasteiger partial charge >= 0.3 is 0 Å². The molecule has 0 N–H and O–H groups in total. The molecule has 5 aromatic heterocycles. The van der Waals surface area contributed by atoms with Crippen LogP contribution in [0, 0.1) is 11.3 Å². The van der Waals surface area contributed by atoms with Crippen LogP contribution < -0.4 is 4.90 Å². The van der Waals surface area contributed by atoms with Gasteiger partial charge < -0.3 is 4.90 Å². The van der Waals surface area contributed by atoms with Gasteiger partial charge in [0, 0.05) is 85.8 Å². The Kier molecular flexibility index (Phi) is 5.01. The van der Waals surface area contributed by atoms with Gasteiger partial charge in [0.2, 0.25) is 0 Å². The average Bonchev–Trinajstić information content (AvgIpc) is 3.58. The summed E-state index contributed by atoms with van der Waals surface area (Å²) in [7, 11) is 1.90. The van der Waals surface area contributed by atoms with Crippen LogP contribution in [-0.2, 0) is 13.6 Å². The molecule has 8 heterocycles. The van der Waals surface area contributed by atoms with Gasteiger partial charge in [0.25, 0.3) is 0 Å². The number of rotatable bonds is 5. The highest BCUT2D eigenvalue weighted by Crippen LogP contribution is 2.36. The van der Waals surface area contributed by atoms with E-state index in [4.69, 9.17) is 4.98 Å². The molecule has 2 bridgehead atoms. The zero-order valence-corrected chi connectivity index (χ0v) is 20.4. The summed E-state index contributed by atoms with van der Waals surface area (Å²) in [6.45, 7) is 2.85. The Bertz CT molecular complexity index is 1620. The van der Waals surface area contributed by atoms with E-state index in [1.165, 1.54) is 6.42 Å². The number of piperidine rings is 1. The van der Waals surface area contributed by atoms with E-state index in [-0.39, 0.29) is 0 Å². The average molecular weight is 488 g/mol. The van der Waals surface area contributed by atoms with Gasteiger partial charge in [-0.1, -0.05) is 6.07 Å². The molecule has 3 saturated heterocycles. The lowest BCUT2D eigenvalue weighted by molar-refractivity contribution is -0.00967. The molecule has 5 aromatic rings. The summed E-state index contributed by atoms with van der Waals surface area (Å²) in [5, 5.41) is 18.4. The molecule has 3 aliphatic heterocycles. The molecular formula is C28H25N9. The van der Waals surface area contributed by atoms with Crippen LogP contribution in [0.25, 0.3) is 27.8 Å². The summed E-state index contributed by atoms with van der Waals surface area (Å²) in [6, 6.07) is 15.8. The van der Waals surface area contributed by atoms with E-state index in [9.17, 15) is 5.26 Å². The number of aromatic nitrogens is 6. The minimum absolute atomic E-state index is 0.531. The standard InChI is InChI=1S/C28H25N9/c1-34-14-22(13-32-34)20-8-26(28-21(10-29)12-33-37(28)15-20)19-5-6-27(31-11-19)35-17-24-9-25(18-35)36(24)16-23-4-2-3-7-30-23/h2-8,11-15,24-25H,9,16-18H2,1H3. The number of piperazine rings is 1. The largest absolute Gasteiger partial charge is 0.353 e. The lowest BCUT2D eigenvalue weighted by atomic mass is 9.87. The molecule has 0 amide bonds. The zero-order valence-electron chi connectivity index (χ0n) is 20.4. The van der Waals surface area contributed by atoms with E-state index < -0.39 is 0 Å². The summed E-state index contributed by atoms with van der Waals surface area (Å²) in [5.74, 6) is 0.990. The van der Waals surface area contributed by atoms with Gasteiger partial charge in [-0.25, -0.2) is 9.50 Å². The fourth-order valence-electron chi connectivity index (χ4n) is 5.70.